The van der Waals surface area contributed by atoms with Crippen molar-refractivity contribution in [1.29, 1.82) is 0 Å². The minimum absolute atomic E-state index is 0.336. The number of aromatic nitrogens is 2. The summed E-state index contributed by atoms with van der Waals surface area (Å²) in [5, 5.41) is 2.63. The molecule has 0 saturated carbocycles. The van der Waals surface area contributed by atoms with E-state index in [1.165, 1.54) is 0 Å². The highest BCUT2D eigenvalue weighted by atomic mass is 79.9. The Bertz CT molecular complexity index is 1020. The van der Waals surface area contributed by atoms with Crippen LogP contribution in [0.2, 0.25) is 0 Å². The van der Waals surface area contributed by atoms with Gasteiger partial charge in [-0.1, -0.05) is 18.2 Å². The third-order valence-electron chi connectivity index (χ3n) is 3.58. The Morgan fingerprint density at radius 2 is 1.84 bits per heavy atom. The number of benzene rings is 2. The van der Waals surface area contributed by atoms with E-state index in [4.69, 9.17) is 4.74 Å². The van der Waals surface area contributed by atoms with Crippen LogP contribution in [0.3, 0.4) is 0 Å². The second-order valence-corrected chi connectivity index (χ2v) is 6.25. The SMILES string of the molecule is Cc1ccccc1C(=O)OCC(=O)Nc1cc2[nH]c(=O)[nH]c2cc1Br. The predicted octanol–water partition coefficient (Wildman–Crippen LogP) is 2.72. The van der Waals surface area contributed by atoms with Gasteiger partial charge < -0.3 is 20.0 Å². The molecule has 0 spiro atoms. The zero-order chi connectivity index (χ0) is 18.0. The van der Waals surface area contributed by atoms with Crippen molar-refractivity contribution in [3.8, 4) is 0 Å². The molecule has 3 aromatic rings. The van der Waals surface area contributed by atoms with Crippen molar-refractivity contribution in [2.75, 3.05) is 11.9 Å². The van der Waals surface area contributed by atoms with Gasteiger partial charge in [-0.25, -0.2) is 9.59 Å². The molecule has 8 heteroatoms. The second-order valence-electron chi connectivity index (χ2n) is 5.40. The summed E-state index contributed by atoms with van der Waals surface area (Å²) < 4.78 is 5.64. The Labute approximate surface area is 150 Å². The number of carbonyl (C=O) groups is 2. The fourth-order valence-corrected chi connectivity index (χ4v) is 2.79. The third-order valence-corrected chi connectivity index (χ3v) is 4.23. The molecule has 7 nitrogen and oxygen atoms in total. The highest BCUT2D eigenvalue weighted by Crippen LogP contribution is 2.26. The molecule has 1 heterocycles. The lowest BCUT2D eigenvalue weighted by atomic mass is 10.1. The summed E-state index contributed by atoms with van der Waals surface area (Å²) in [5.74, 6) is -1.04. The summed E-state index contributed by atoms with van der Waals surface area (Å²) in [6.45, 7) is 1.38. The van der Waals surface area contributed by atoms with Gasteiger partial charge in [0, 0.05) is 4.47 Å². The molecule has 0 bridgehead atoms. The molecule has 0 fully saturated rings. The predicted molar refractivity (Wildman–Crippen MR) is 96.7 cm³/mol. The molecule has 0 radical (unpaired) electrons. The van der Waals surface area contributed by atoms with Crippen LogP contribution < -0.4 is 11.0 Å². The standard InChI is InChI=1S/C17H14BrN3O4/c1-9-4-2-3-5-10(9)16(23)25-8-15(22)19-12-7-14-13(6-11(12)18)20-17(24)21-14/h2-7H,8H2,1H3,(H,19,22)(H2,20,21,24). The first-order valence-corrected chi connectivity index (χ1v) is 8.17. The number of carbonyl (C=O) groups excluding carboxylic acids is 2. The van der Waals surface area contributed by atoms with Crippen molar-refractivity contribution in [2.24, 2.45) is 0 Å². The third kappa shape index (κ3) is 3.80. The van der Waals surface area contributed by atoms with Gasteiger partial charge in [0.05, 0.1) is 22.3 Å². The molecule has 3 N–H and O–H groups in total. The molecule has 0 aliphatic heterocycles. The number of hydrogen-bond acceptors (Lipinski definition) is 4. The number of hydrogen-bond donors (Lipinski definition) is 3. The number of aromatic amines is 2. The van der Waals surface area contributed by atoms with E-state index < -0.39 is 18.5 Å². The second kappa shape index (κ2) is 6.94. The number of rotatable bonds is 4. The van der Waals surface area contributed by atoms with Crippen LogP contribution in [0.15, 0.2) is 45.7 Å². The van der Waals surface area contributed by atoms with Crippen molar-refractivity contribution >= 4 is 44.5 Å². The summed E-state index contributed by atoms with van der Waals surface area (Å²) in [5.41, 5.74) is 2.49. The lowest BCUT2D eigenvalue weighted by molar-refractivity contribution is -0.119. The van der Waals surface area contributed by atoms with Crippen LogP contribution in [0.4, 0.5) is 5.69 Å². The molecule has 25 heavy (non-hydrogen) atoms. The van der Waals surface area contributed by atoms with Crippen molar-refractivity contribution in [2.45, 2.75) is 6.92 Å². The van der Waals surface area contributed by atoms with Crippen LogP contribution in [0, 0.1) is 6.92 Å². The van der Waals surface area contributed by atoms with E-state index in [-0.39, 0.29) is 5.69 Å². The quantitative estimate of drug-likeness (QED) is 0.582. The topological polar surface area (TPSA) is 104 Å². The van der Waals surface area contributed by atoms with E-state index in [0.29, 0.717) is 26.8 Å². The summed E-state index contributed by atoms with van der Waals surface area (Å²) in [6, 6.07) is 10.3. The Morgan fingerprint density at radius 3 is 2.56 bits per heavy atom. The molecule has 0 unspecified atom stereocenters. The van der Waals surface area contributed by atoms with Gasteiger partial charge >= 0.3 is 11.7 Å². The smallest absolute Gasteiger partial charge is 0.338 e. The maximum atomic E-state index is 12.0. The van der Waals surface area contributed by atoms with E-state index in [9.17, 15) is 14.4 Å². The summed E-state index contributed by atoms with van der Waals surface area (Å²) in [7, 11) is 0. The van der Waals surface area contributed by atoms with E-state index >= 15 is 0 Å². The van der Waals surface area contributed by atoms with E-state index in [2.05, 4.69) is 31.2 Å². The lowest BCUT2D eigenvalue weighted by Gasteiger charge is -2.09. The van der Waals surface area contributed by atoms with Gasteiger partial charge in [0.1, 0.15) is 0 Å². The lowest BCUT2D eigenvalue weighted by Crippen LogP contribution is -2.21. The van der Waals surface area contributed by atoms with Crippen LogP contribution in [0.5, 0.6) is 0 Å². The maximum Gasteiger partial charge on any atom is 0.338 e. The molecule has 0 aliphatic rings. The number of H-pyrrole nitrogens is 2. The molecule has 3 rings (SSSR count). The summed E-state index contributed by atoms with van der Waals surface area (Å²) in [4.78, 5) is 40.6. The van der Waals surface area contributed by atoms with E-state index in [0.717, 1.165) is 5.56 Å². The number of aryl methyl sites for hydroxylation is 1. The number of ether oxygens (including phenoxy) is 1. The molecular formula is C17H14BrN3O4. The molecule has 0 atom stereocenters. The molecule has 1 aromatic heterocycles. The van der Waals surface area contributed by atoms with Crippen molar-refractivity contribution in [3.63, 3.8) is 0 Å². The van der Waals surface area contributed by atoms with Crippen molar-refractivity contribution in [1.82, 2.24) is 9.97 Å². The Hall–Kier alpha value is -2.87. The zero-order valence-electron chi connectivity index (χ0n) is 13.2. The van der Waals surface area contributed by atoms with Gasteiger partial charge in [-0.15, -0.1) is 0 Å². The monoisotopic (exact) mass is 403 g/mol. The van der Waals surface area contributed by atoms with E-state index in [1.807, 2.05) is 6.07 Å². The highest BCUT2D eigenvalue weighted by molar-refractivity contribution is 9.10. The average Bonchev–Trinajstić information content (AvgIpc) is 2.92. The number of halogens is 1. The van der Waals surface area contributed by atoms with Gasteiger partial charge in [0.15, 0.2) is 6.61 Å². The van der Waals surface area contributed by atoms with Gasteiger partial charge in [-0.2, -0.15) is 0 Å². The largest absolute Gasteiger partial charge is 0.452 e. The summed E-state index contributed by atoms with van der Waals surface area (Å²) >= 11 is 3.32. The normalized spacial score (nSPS) is 10.6. The van der Waals surface area contributed by atoms with Crippen LogP contribution >= 0.6 is 15.9 Å². The van der Waals surface area contributed by atoms with Gasteiger partial charge in [-0.05, 0) is 46.6 Å². The molecular weight excluding hydrogens is 390 g/mol. The zero-order valence-corrected chi connectivity index (χ0v) is 14.8. The fraction of sp³-hybridized carbons (Fsp3) is 0.118. The fourth-order valence-electron chi connectivity index (χ4n) is 2.35. The van der Waals surface area contributed by atoms with Crippen molar-refractivity contribution in [3.05, 3.63) is 62.5 Å². The minimum atomic E-state index is -0.558. The minimum Gasteiger partial charge on any atom is -0.452 e. The summed E-state index contributed by atoms with van der Waals surface area (Å²) in [6.07, 6.45) is 0. The van der Waals surface area contributed by atoms with Crippen molar-refractivity contribution < 1.29 is 14.3 Å². The first-order chi connectivity index (χ1) is 11.9. The van der Waals surface area contributed by atoms with Gasteiger partial charge in [0.2, 0.25) is 0 Å². The first-order valence-electron chi connectivity index (χ1n) is 7.38. The number of nitrogens with one attached hydrogen (secondary N) is 3. The highest BCUT2D eigenvalue weighted by Gasteiger charge is 2.13. The van der Waals surface area contributed by atoms with Crippen LogP contribution in [0.25, 0.3) is 11.0 Å². The maximum absolute atomic E-state index is 12.0. The van der Waals surface area contributed by atoms with Crippen LogP contribution in [0.1, 0.15) is 15.9 Å². The number of amides is 1. The Kier molecular flexibility index (Phi) is 4.71. The number of esters is 1. The van der Waals surface area contributed by atoms with E-state index in [1.54, 1.807) is 37.3 Å². The molecule has 2 aromatic carbocycles. The van der Waals surface area contributed by atoms with Crippen LogP contribution in [-0.2, 0) is 9.53 Å². The van der Waals surface area contributed by atoms with Gasteiger partial charge in [0.25, 0.3) is 5.91 Å². The molecule has 128 valence electrons. The average molecular weight is 404 g/mol. The molecule has 0 saturated heterocycles. The molecule has 1 amide bonds. The number of anilines is 1. The number of imidazole rings is 1. The van der Waals surface area contributed by atoms with Gasteiger partial charge in [-0.3, -0.25) is 4.79 Å². The Morgan fingerprint density at radius 1 is 1.16 bits per heavy atom. The molecule has 0 aliphatic carbocycles. The Balaban J connectivity index is 1.66. The first kappa shape index (κ1) is 17.0. The number of fused-ring (bicyclic) bond motifs is 1. The van der Waals surface area contributed by atoms with Crippen LogP contribution in [-0.4, -0.2) is 28.5 Å².